The summed E-state index contributed by atoms with van der Waals surface area (Å²) < 4.78 is 38.0. The molecule has 22 heavy (non-hydrogen) atoms. The van der Waals surface area contributed by atoms with Gasteiger partial charge < -0.3 is 4.90 Å². The SMILES string of the molecule is O=C(CS(=O)(=O)c1ncccc1F)N1CC2CCCCC2C1. The van der Waals surface area contributed by atoms with Crippen LogP contribution in [0.4, 0.5) is 4.39 Å². The maximum Gasteiger partial charge on any atom is 0.238 e. The number of carbonyl (C=O) groups is 1. The normalized spacial score (nSPS) is 25.0. The molecule has 1 aromatic rings. The quantitative estimate of drug-likeness (QED) is 0.847. The number of likely N-dealkylation sites (tertiary alicyclic amines) is 1. The lowest BCUT2D eigenvalue weighted by Gasteiger charge is -2.22. The van der Waals surface area contributed by atoms with Crippen molar-refractivity contribution in [3.8, 4) is 0 Å². The van der Waals surface area contributed by atoms with Crippen LogP contribution in [0.1, 0.15) is 25.7 Å². The second-order valence-corrected chi connectivity index (χ2v) is 8.06. The minimum atomic E-state index is -4.04. The zero-order valence-corrected chi connectivity index (χ0v) is 13.1. The van der Waals surface area contributed by atoms with Gasteiger partial charge in [-0.2, -0.15) is 0 Å². The van der Waals surface area contributed by atoms with E-state index < -0.39 is 32.3 Å². The number of pyridine rings is 1. The maximum atomic E-state index is 13.6. The lowest BCUT2D eigenvalue weighted by molar-refractivity contribution is -0.127. The van der Waals surface area contributed by atoms with Gasteiger partial charge in [-0.25, -0.2) is 17.8 Å². The van der Waals surface area contributed by atoms with E-state index in [4.69, 9.17) is 0 Å². The summed E-state index contributed by atoms with van der Waals surface area (Å²) in [6.45, 7) is 1.26. The number of rotatable bonds is 3. The van der Waals surface area contributed by atoms with E-state index in [0.29, 0.717) is 24.9 Å². The fraction of sp³-hybridized carbons (Fsp3) is 0.600. The number of aromatic nitrogens is 1. The summed E-state index contributed by atoms with van der Waals surface area (Å²) in [6, 6.07) is 2.36. The fourth-order valence-corrected chi connectivity index (χ4v) is 4.76. The number of carbonyl (C=O) groups excluding carboxylic acids is 1. The third-order valence-electron chi connectivity index (χ3n) is 4.66. The van der Waals surface area contributed by atoms with E-state index in [-0.39, 0.29) is 0 Å². The first-order valence-electron chi connectivity index (χ1n) is 7.58. The molecule has 2 heterocycles. The van der Waals surface area contributed by atoms with Crippen molar-refractivity contribution in [3.63, 3.8) is 0 Å². The standard InChI is InChI=1S/C15H19FN2O3S/c16-13-6-3-7-17-15(13)22(20,21)10-14(19)18-8-11-4-1-2-5-12(11)9-18/h3,6-7,11-12H,1-2,4-5,8-10H2. The molecule has 0 radical (unpaired) electrons. The van der Waals surface area contributed by atoms with Crippen molar-refractivity contribution >= 4 is 15.7 Å². The molecule has 1 aliphatic carbocycles. The van der Waals surface area contributed by atoms with Crippen molar-refractivity contribution in [1.29, 1.82) is 0 Å². The van der Waals surface area contributed by atoms with E-state index in [0.717, 1.165) is 18.9 Å². The monoisotopic (exact) mass is 326 g/mol. The van der Waals surface area contributed by atoms with Gasteiger partial charge in [0.05, 0.1) is 0 Å². The van der Waals surface area contributed by atoms with Gasteiger partial charge in [0.25, 0.3) is 0 Å². The van der Waals surface area contributed by atoms with Crippen LogP contribution in [0.15, 0.2) is 23.4 Å². The number of hydrogen-bond acceptors (Lipinski definition) is 4. The van der Waals surface area contributed by atoms with Crippen LogP contribution in [0.2, 0.25) is 0 Å². The van der Waals surface area contributed by atoms with Crippen LogP contribution >= 0.6 is 0 Å². The molecule has 1 aromatic heterocycles. The highest BCUT2D eigenvalue weighted by atomic mass is 32.2. The molecule has 0 spiro atoms. The second-order valence-electron chi connectivity index (χ2n) is 6.15. The molecule has 2 aliphatic rings. The first-order valence-corrected chi connectivity index (χ1v) is 9.23. The lowest BCUT2D eigenvalue weighted by Crippen LogP contribution is -2.34. The van der Waals surface area contributed by atoms with Gasteiger partial charge in [0.2, 0.25) is 15.7 Å². The molecule has 5 nitrogen and oxygen atoms in total. The Morgan fingerprint density at radius 2 is 1.91 bits per heavy atom. The number of hydrogen-bond donors (Lipinski definition) is 0. The van der Waals surface area contributed by atoms with Crippen molar-refractivity contribution in [2.24, 2.45) is 11.8 Å². The zero-order valence-electron chi connectivity index (χ0n) is 12.2. The van der Waals surface area contributed by atoms with Gasteiger partial charge in [0.15, 0.2) is 10.8 Å². The van der Waals surface area contributed by atoms with Gasteiger partial charge in [-0.1, -0.05) is 12.8 Å². The van der Waals surface area contributed by atoms with Crippen LogP contribution in [0, 0.1) is 17.7 Å². The van der Waals surface area contributed by atoms with Gasteiger partial charge >= 0.3 is 0 Å². The topological polar surface area (TPSA) is 67.3 Å². The van der Waals surface area contributed by atoms with Crippen LogP contribution in [-0.4, -0.2) is 43.1 Å². The Balaban J connectivity index is 1.70. The van der Waals surface area contributed by atoms with Gasteiger partial charge in [-0.05, 0) is 36.8 Å². The van der Waals surface area contributed by atoms with Crippen LogP contribution in [0.5, 0.6) is 0 Å². The molecule has 1 aliphatic heterocycles. The smallest absolute Gasteiger partial charge is 0.238 e. The molecular weight excluding hydrogens is 307 g/mol. The Morgan fingerprint density at radius 1 is 1.27 bits per heavy atom. The molecule has 1 saturated heterocycles. The molecule has 2 atom stereocenters. The highest BCUT2D eigenvalue weighted by Gasteiger charge is 2.38. The molecule has 1 amide bonds. The lowest BCUT2D eigenvalue weighted by atomic mass is 9.82. The van der Waals surface area contributed by atoms with Crippen molar-refractivity contribution in [2.75, 3.05) is 18.8 Å². The summed E-state index contributed by atoms with van der Waals surface area (Å²) in [5.74, 6) is -1.08. The Bertz CT molecular complexity index is 663. The Morgan fingerprint density at radius 3 is 2.50 bits per heavy atom. The van der Waals surface area contributed by atoms with Gasteiger partial charge in [-0.3, -0.25) is 4.79 Å². The van der Waals surface area contributed by atoms with Crippen molar-refractivity contribution in [3.05, 3.63) is 24.1 Å². The minimum absolute atomic E-state index is 0.445. The van der Waals surface area contributed by atoms with Crippen molar-refractivity contribution in [1.82, 2.24) is 9.88 Å². The molecule has 0 aromatic carbocycles. The Labute approximate surface area is 129 Å². The predicted octanol–water partition coefficient (Wildman–Crippen LogP) is 1.64. The second kappa shape index (κ2) is 5.95. The van der Waals surface area contributed by atoms with Crippen LogP contribution in [0.25, 0.3) is 0 Å². The summed E-state index contributed by atoms with van der Waals surface area (Å²) in [5, 5.41) is -0.639. The average Bonchev–Trinajstić information content (AvgIpc) is 2.91. The maximum absolute atomic E-state index is 13.6. The van der Waals surface area contributed by atoms with E-state index in [1.54, 1.807) is 4.90 Å². The van der Waals surface area contributed by atoms with Gasteiger partial charge in [-0.15, -0.1) is 0 Å². The molecule has 1 saturated carbocycles. The first kappa shape index (κ1) is 15.4. The predicted molar refractivity (Wildman–Crippen MR) is 78.3 cm³/mol. The molecule has 0 bridgehead atoms. The summed E-state index contributed by atoms with van der Waals surface area (Å²) in [6.07, 6.45) is 5.79. The third kappa shape index (κ3) is 2.99. The van der Waals surface area contributed by atoms with E-state index in [2.05, 4.69) is 4.98 Å². The summed E-state index contributed by atoms with van der Waals surface area (Å²) in [5.41, 5.74) is 0. The van der Waals surface area contributed by atoms with E-state index in [9.17, 15) is 17.6 Å². The van der Waals surface area contributed by atoms with Crippen LogP contribution in [0.3, 0.4) is 0 Å². The zero-order chi connectivity index (χ0) is 15.7. The first-order chi connectivity index (χ1) is 10.5. The molecule has 7 heteroatoms. The highest BCUT2D eigenvalue weighted by molar-refractivity contribution is 7.92. The Kier molecular flexibility index (Phi) is 4.16. The van der Waals surface area contributed by atoms with Crippen molar-refractivity contribution in [2.45, 2.75) is 30.7 Å². The summed E-state index contributed by atoms with van der Waals surface area (Å²) in [7, 11) is -4.04. The van der Waals surface area contributed by atoms with Crippen molar-refractivity contribution < 1.29 is 17.6 Å². The van der Waals surface area contributed by atoms with E-state index in [1.807, 2.05) is 0 Å². The number of fused-ring (bicyclic) bond motifs is 1. The van der Waals surface area contributed by atoms with Gasteiger partial charge in [0.1, 0.15) is 5.75 Å². The molecule has 3 rings (SSSR count). The number of halogens is 1. The highest BCUT2D eigenvalue weighted by Crippen LogP contribution is 2.36. The van der Waals surface area contributed by atoms with Gasteiger partial charge in [0, 0.05) is 19.3 Å². The molecular formula is C15H19FN2O3S. The van der Waals surface area contributed by atoms with E-state index in [1.165, 1.54) is 25.1 Å². The summed E-state index contributed by atoms with van der Waals surface area (Å²) in [4.78, 5) is 17.5. The summed E-state index contributed by atoms with van der Waals surface area (Å²) >= 11 is 0. The van der Waals surface area contributed by atoms with E-state index >= 15 is 0 Å². The minimum Gasteiger partial charge on any atom is -0.341 e. The number of amides is 1. The largest absolute Gasteiger partial charge is 0.341 e. The van der Waals surface area contributed by atoms with Crippen LogP contribution < -0.4 is 0 Å². The third-order valence-corrected chi connectivity index (χ3v) is 6.18. The number of nitrogens with zero attached hydrogens (tertiary/aromatic N) is 2. The number of sulfone groups is 1. The van der Waals surface area contributed by atoms with Crippen LogP contribution in [-0.2, 0) is 14.6 Å². The molecule has 0 N–H and O–H groups in total. The molecule has 120 valence electrons. The molecule has 2 fully saturated rings. The fourth-order valence-electron chi connectivity index (χ4n) is 3.53. The Hall–Kier alpha value is -1.50. The molecule has 2 unspecified atom stereocenters. The average molecular weight is 326 g/mol.